The summed E-state index contributed by atoms with van der Waals surface area (Å²) in [6.45, 7) is 1.59. The van der Waals surface area contributed by atoms with Crippen molar-refractivity contribution < 1.29 is 13.2 Å². The Morgan fingerprint density at radius 3 is 2.13 bits per heavy atom. The largest absolute Gasteiger partial charge is 0.350 e. The molecule has 1 heterocycles. The molecule has 30 heavy (non-hydrogen) atoms. The molecule has 7 heteroatoms. The molecule has 1 fully saturated rings. The predicted octanol–water partition coefficient (Wildman–Crippen LogP) is 3.28. The van der Waals surface area contributed by atoms with Crippen molar-refractivity contribution in [3.8, 4) is 0 Å². The fraction of sp³-hybridized carbons (Fsp3) is 0.435. The van der Waals surface area contributed by atoms with Gasteiger partial charge < -0.3 is 10.2 Å². The van der Waals surface area contributed by atoms with Crippen LogP contribution in [0.1, 0.15) is 47.6 Å². The zero-order chi connectivity index (χ0) is 21.6. The standard InChI is InChI=1S/C23H31N3O3S/c1-25(2)22(19-10-6-5-7-11-19)18-24-23(27)20-12-14-21(15-13-20)30(28,29)26-16-8-3-4-9-17-26/h5-7,10-15,22H,3-4,8-9,16-18H2,1-2H3,(H,24,27)/t22-/m1/s1. The molecule has 2 aromatic carbocycles. The number of likely N-dealkylation sites (N-methyl/N-ethyl adjacent to an activating group) is 1. The van der Waals surface area contributed by atoms with Gasteiger partial charge >= 0.3 is 0 Å². The molecule has 0 radical (unpaired) electrons. The molecule has 0 aromatic heterocycles. The molecular weight excluding hydrogens is 398 g/mol. The van der Waals surface area contributed by atoms with Crippen LogP contribution in [-0.2, 0) is 10.0 Å². The number of carbonyl (C=O) groups is 1. The lowest BCUT2D eigenvalue weighted by Crippen LogP contribution is -2.34. The Morgan fingerprint density at radius 1 is 0.967 bits per heavy atom. The van der Waals surface area contributed by atoms with Gasteiger partial charge in [0, 0.05) is 25.2 Å². The molecule has 1 atom stereocenters. The van der Waals surface area contributed by atoms with Gasteiger partial charge in [0.2, 0.25) is 10.0 Å². The minimum atomic E-state index is -3.51. The Hall–Kier alpha value is -2.22. The third kappa shape index (κ3) is 5.47. The first-order valence-electron chi connectivity index (χ1n) is 10.5. The monoisotopic (exact) mass is 429 g/mol. The van der Waals surface area contributed by atoms with Gasteiger partial charge in [0.05, 0.1) is 10.9 Å². The van der Waals surface area contributed by atoms with Crippen molar-refractivity contribution in [1.29, 1.82) is 0 Å². The van der Waals surface area contributed by atoms with Crippen molar-refractivity contribution in [2.24, 2.45) is 0 Å². The fourth-order valence-corrected chi connectivity index (χ4v) is 5.29. The maximum absolute atomic E-state index is 12.9. The molecule has 162 valence electrons. The number of benzene rings is 2. The van der Waals surface area contributed by atoms with E-state index in [-0.39, 0.29) is 16.8 Å². The summed E-state index contributed by atoms with van der Waals surface area (Å²) >= 11 is 0. The minimum Gasteiger partial charge on any atom is -0.350 e. The summed E-state index contributed by atoms with van der Waals surface area (Å²) in [5.74, 6) is -0.212. The lowest BCUT2D eigenvalue weighted by atomic mass is 10.1. The van der Waals surface area contributed by atoms with Crippen LogP contribution in [0, 0.1) is 0 Å². The molecule has 0 saturated carbocycles. The lowest BCUT2D eigenvalue weighted by molar-refractivity contribution is 0.0942. The van der Waals surface area contributed by atoms with Crippen molar-refractivity contribution in [3.05, 3.63) is 65.7 Å². The molecule has 0 spiro atoms. The summed E-state index contributed by atoms with van der Waals surface area (Å²) in [7, 11) is 0.451. The Labute approximate surface area is 179 Å². The molecule has 0 bridgehead atoms. The second-order valence-corrected chi connectivity index (χ2v) is 9.88. The van der Waals surface area contributed by atoms with Crippen molar-refractivity contribution in [2.75, 3.05) is 33.7 Å². The van der Waals surface area contributed by atoms with Gasteiger partial charge in [-0.1, -0.05) is 43.2 Å². The van der Waals surface area contributed by atoms with E-state index in [9.17, 15) is 13.2 Å². The van der Waals surface area contributed by atoms with E-state index in [1.54, 1.807) is 16.4 Å². The zero-order valence-corrected chi connectivity index (χ0v) is 18.6. The summed E-state index contributed by atoms with van der Waals surface area (Å²) in [5.41, 5.74) is 1.58. The first-order valence-corrected chi connectivity index (χ1v) is 11.9. The van der Waals surface area contributed by atoms with E-state index < -0.39 is 10.0 Å². The van der Waals surface area contributed by atoms with Crippen LogP contribution >= 0.6 is 0 Å². The van der Waals surface area contributed by atoms with E-state index in [0.29, 0.717) is 25.2 Å². The summed E-state index contributed by atoms with van der Waals surface area (Å²) in [4.78, 5) is 14.9. The molecule has 0 unspecified atom stereocenters. The lowest BCUT2D eigenvalue weighted by Gasteiger charge is -2.25. The van der Waals surface area contributed by atoms with Crippen LogP contribution in [0.4, 0.5) is 0 Å². The SMILES string of the molecule is CN(C)[C@H](CNC(=O)c1ccc(S(=O)(=O)N2CCCCCC2)cc1)c1ccccc1. The highest BCUT2D eigenvalue weighted by Gasteiger charge is 2.25. The highest BCUT2D eigenvalue weighted by molar-refractivity contribution is 7.89. The van der Waals surface area contributed by atoms with E-state index in [1.807, 2.05) is 44.4 Å². The first kappa shape index (κ1) is 22.5. The molecule has 1 saturated heterocycles. The number of nitrogens with zero attached hydrogens (tertiary/aromatic N) is 2. The van der Waals surface area contributed by atoms with Crippen LogP contribution < -0.4 is 5.32 Å². The highest BCUT2D eigenvalue weighted by Crippen LogP contribution is 2.21. The van der Waals surface area contributed by atoms with Gasteiger partial charge in [0.15, 0.2) is 0 Å². The number of hydrogen-bond donors (Lipinski definition) is 1. The van der Waals surface area contributed by atoms with Crippen LogP contribution in [0.2, 0.25) is 0 Å². The average molecular weight is 430 g/mol. The van der Waals surface area contributed by atoms with E-state index >= 15 is 0 Å². The Balaban J connectivity index is 1.66. The molecular formula is C23H31N3O3S. The van der Waals surface area contributed by atoms with Gasteiger partial charge in [0.25, 0.3) is 5.91 Å². The average Bonchev–Trinajstić information content (AvgIpc) is 3.04. The third-order valence-electron chi connectivity index (χ3n) is 5.58. The fourth-order valence-electron chi connectivity index (χ4n) is 3.77. The molecule has 6 nitrogen and oxygen atoms in total. The van der Waals surface area contributed by atoms with Crippen molar-refractivity contribution in [2.45, 2.75) is 36.6 Å². The van der Waals surface area contributed by atoms with Gasteiger partial charge in [0.1, 0.15) is 0 Å². The molecule has 3 rings (SSSR count). The van der Waals surface area contributed by atoms with E-state index in [0.717, 1.165) is 31.2 Å². The molecule has 0 aliphatic carbocycles. The third-order valence-corrected chi connectivity index (χ3v) is 7.50. The Morgan fingerprint density at radius 2 is 1.57 bits per heavy atom. The minimum absolute atomic E-state index is 0.0536. The van der Waals surface area contributed by atoms with Gasteiger partial charge in [-0.2, -0.15) is 4.31 Å². The maximum atomic E-state index is 12.9. The van der Waals surface area contributed by atoms with Crippen molar-refractivity contribution in [3.63, 3.8) is 0 Å². The topological polar surface area (TPSA) is 69.7 Å². The van der Waals surface area contributed by atoms with Crippen LogP contribution in [0.15, 0.2) is 59.5 Å². The number of sulfonamides is 1. The van der Waals surface area contributed by atoms with Crippen LogP contribution in [0.25, 0.3) is 0 Å². The summed E-state index contributed by atoms with van der Waals surface area (Å²) in [5, 5.41) is 2.97. The van der Waals surface area contributed by atoms with E-state index in [2.05, 4.69) is 10.2 Å². The highest BCUT2D eigenvalue weighted by atomic mass is 32.2. The maximum Gasteiger partial charge on any atom is 0.251 e. The van der Waals surface area contributed by atoms with Crippen molar-refractivity contribution in [1.82, 2.24) is 14.5 Å². The summed E-state index contributed by atoms with van der Waals surface area (Å²) < 4.78 is 27.3. The number of rotatable bonds is 7. The smallest absolute Gasteiger partial charge is 0.251 e. The number of amides is 1. The normalized spacial score (nSPS) is 16.8. The molecule has 1 aliphatic heterocycles. The number of nitrogens with one attached hydrogen (secondary N) is 1. The number of hydrogen-bond acceptors (Lipinski definition) is 4. The van der Waals surface area contributed by atoms with Gasteiger partial charge in [-0.05, 0) is 56.8 Å². The van der Waals surface area contributed by atoms with Gasteiger partial charge in [-0.25, -0.2) is 8.42 Å². The molecule has 1 amide bonds. The van der Waals surface area contributed by atoms with Crippen molar-refractivity contribution >= 4 is 15.9 Å². The van der Waals surface area contributed by atoms with Crippen LogP contribution in [-0.4, -0.2) is 57.3 Å². The first-order chi connectivity index (χ1) is 14.4. The van der Waals surface area contributed by atoms with Crippen LogP contribution in [0.5, 0.6) is 0 Å². The van der Waals surface area contributed by atoms with Crippen LogP contribution in [0.3, 0.4) is 0 Å². The second kappa shape index (κ2) is 10.2. The molecule has 2 aromatic rings. The Bertz CT molecular complexity index is 920. The predicted molar refractivity (Wildman–Crippen MR) is 119 cm³/mol. The summed E-state index contributed by atoms with van der Waals surface area (Å²) in [6.07, 6.45) is 3.94. The zero-order valence-electron chi connectivity index (χ0n) is 17.8. The molecule has 1 aliphatic rings. The number of carbonyl (C=O) groups excluding carboxylic acids is 1. The summed E-state index contributed by atoms with van der Waals surface area (Å²) in [6, 6.07) is 16.3. The second-order valence-electron chi connectivity index (χ2n) is 7.94. The molecule has 1 N–H and O–H groups in total. The van der Waals surface area contributed by atoms with Gasteiger partial charge in [-0.3, -0.25) is 4.79 Å². The quantitative estimate of drug-likeness (QED) is 0.733. The van der Waals surface area contributed by atoms with Gasteiger partial charge in [-0.15, -0.1) is 0 Å². The van der Waals surface area contributed by atoms with E-state index in [4.69, 9.17) is 0 Å². The Kier molecular flexibility index (Phi) is 7.64. The van der Waals surface area contributed by atoms with E-state index in [1.165, 1.54) is 12.1 Å².